The lowest BCUT2D eigenvalue weighted by Crippen LogP contribution is -2.25. The highest BCUT2D eigenvalue weighted by molar-refractivity contribution is 5.45. The molecule has 0 bridgehead atoms. The van der Waals surface area contributed by atoms with E-state index in [0.29, 0.717) is 5.75 Å². The van der Waals surface area contributed by atoms with Crippen molar-refractivity contribution in [3.8, 4) is 11.4 Å². The molecule has 2 heterocycles. The fourth-order valence-electron chi connectivity index (χ4n) is 2.50. The van der Waals surface area contributed by atoms with Crippen LogP contribution < -0.4 is 10.4 Å². The molecule has 0 amide bonds. The monoisotopic (exact) mass is 328 g/mol. The Kier molecular flexibility index (Phi) is 3.96. The van der Waals surface area contributed by atoms with Crippen LogP contribution in [0.2, 0.25) is 0 Å². The van der Waals surface area contributed by atoms with Crippen molar-refractivity contribution in [1.82, 2.24) is 29.6 Å². The van der Waals surface area contributed by atoms with E-state index >= 15 is 0 Å². The highest BCUT2D eigenvalue weighted by Gasteiger charge is 2.11. The van der Waals surface area contributed by atoms with Crippen molar-refractivity contribution < 1.29 is 4.74 Å². The first-order valence-corrected chi connectivity index (χ1v) is 7.62. The van der Waals surface area contributed by atoms with Crippen molar-refractivity contribution in [1.29, 1.82) is 0 Å². The molecule has 1 aromatic carbocycles. The first kappa shape index (κ1) is 16.0. The van der Waals surface area contributed by atoms with Crippen LogP contribution in [0.5, 0.6) is 5.75 Å². The smallest absolute Gasteiger partial charge is 0.386 e. The first-order valence-electron chi connectivity index (χ1n) is 7.62. The molecule has 8 nitrogen and oxygen atoms in total. The summed E-state index contributed by atoms with van der Waals surface area (Å²) in [6.07, 6.45) is 0. The van der Waals surface area contributed by atoms with Gasteiger partial charge in [-0.05, 0) is 62.2 Å². The van der Waals surface area contributed by atoms with Gasteiger partial charge in [0.05, 0.1) is 11.4 Å². The van der Waals surface area contributed by atoms with Gasteiger partial charge in [0.1, 0.15) is 5.75 Å². The maximum Gasteiger partial charge on any atom is 0.386 e. The van der Waals surface area contributed by atoms with E-state index in [9.17, 15) is 4.79 Å². The van der Waals surface area contributed by atoms with E-state index in [1.54, 1.807) is 7.05 Å². The Bertz CT molecular complexity index is 950. The topological polar surface area (TPSA) is 79.8 Å². The summed E-state index contributed by atoms with van der Waals surface area (Å²) < 4.78 is 8.96. The molecule has 0 radical (unpaired) electrons. The summed E-state index contributed by atoms with van der Waals surface area (Å²) in [5.74, 6) is 0.699. The van der Waals surface area contributed by atoms with E-state index in [0.717, 1.165) is 22.6 Å². The van der Waals surface area contributed by atoms with E-state index < -0.39 is 5.69 Å². The number of benzene rings is 1. The molecule has 0 saturated heterocycles. The quantitative estimate of drug-likeness (QED) is 0.724. The van der Waals surface area contributed by atoms with E-state index in [1.807, 2.05) is 36.7 Å². The van der Waals surface area contributed by atoms with Crippen molar-refractivity contribution in [2.45, 2.75) is 34.4 Å². The molecule has 0 saturated carbocycles. The third-order valence-corrected chi connectivity index (χ3v) is 4.23. The second-order valence-corrected chi connectivity index (χ2v) is 5.79. The minimum atomic E-state index is -0.440. The summed E-state index contributed by atoms with van der Waals surface area (Å²) in [5, 5.41) is 11.7. The number of nitrogens with zero attached hydrogens (tertiary/aromatic N) is 6. The average Bonchev–Trinajstić information content (AvgIpc) is 3.00. The SMILES string of the molecule is Cc1cc(-n2nc(C)c(C)c2C)ccc1OCn1c(=O)nnn1C. The van der Waals surface area contributed by atoms with Crippen molar-refractivity contribution in [2.24, 2.45) is 7.05 Å². The van der Waals surface area contributed by atoms with Gasteiger partial charge in [0.2, 0.25) is 0 Å². The molecule has 0 aliphatic rings. The molecule has 0 spiro atoms. The van der Waals surface area contributed by atoms with Crippen LogP contribution in [-0.2, 0) is 13.8 Å². The molecular formula is C16H20N6O2. The normalized spacial score (nSPS) is 11.0. The maximum absolute atomic E-state index is 11.5. The van der Waals surface area contributed by atoms with Crippen LogP contribution in [0, 0.1) is 27.7 Å². The number of hydrogen-bond donors (Lipinski definition) is 0. The standard InChI is InChI=1S/C16H20N6O2/c1-10-8-14(22-13(4)11(2)12(3)18-22)6-7-15(10)24-9-21-16(23)17-19-20(21)5/h6-8H,9H2,1-5H3. The van der Waals surface area contributed by atoms with Crippen LogP contribution in [0.1, 0.15) is 22.5 Å². The lowest BCUT2D eigenvalue weighted by molar-refractivity contribution is 0.193. The number of aryl methyl sites for hydroxylation is 3. The lowest BCUT2D eigenvalue weighted by atomic mass is 10.2. The lowest BCUT2D eigenvalue weighted by Gasteiger charge is -2.12. The molecule has 0 fully saturated rings. The minimum absolute atomic E-state index is 0.0571. The van der Waals surface area contributed by atoms with Crippen molar-refractivity contribution in [3.05, 3.63) is 51.2 Å². The first-order chi connectivity index (χ1) is 11.4. The van der Waals surface area contributed by atoms with Gasteiger partial charge in [-0.25, -0.2) is 9.48 Å². The van der Waals surface area contributed by atoms with Crippen LogP contribution in [0.15, 0.2) is 23.0 Å². The molecule has 8 heteroatoms. The molecule has 0 aliphatic carbocycles. The van der Waals surface area contributed by atoms with Crippen LogP contribution in [0.4, 0.5) is 0 Å². The third kappa shape index (κ3) is 2.70. The minimum Gasteiger partial charge on any atom is -0.471 e. The van der Waals surface area contributed by atoms with Gasteiger partial charge in [-0.1, -0.05) is 5.10 Å². The number of tetrazole rings is 1. The number of ether oxygens (including phenoxy) is 1. The maximum atomic E-state index is 11.5. The molecule has 0 atom stereocenters. The Morgan fingerprint density at radius 1 is 1.17 bits per heavy atom. The van der Waals surface area contributed by atoms with E-state index in [4.69, 9.17) is 4.74 Å². The predicted molar refractivity (Wildman–Crippen MR) is 88.4 cm³/mol. The summed E-state index contributed by atoms with van der Waals surface area (Å²) >= 11 is 0. The largest absolute Gasteiger partial charge is 0.471 e. The second-order valence-electron chi connectivity index (χ2n) is 5.79. The molecule has 2 aromatic heterocycles. The predicted octanol–water partition coefficient (Wildman–Crippen LogP) is 1.43. The molecule has 3 aromatic rings. The van der Waals surface area contributed by atoms with Crippen molar-refractivity contribution in [2.75, 3.05) is 0 Å². The number of hydrogen-bond acceptors (Lipinski definition) is 5. The van der Waals surface area contributed by atoms with Gasteiger partial charge in [0.25, 0.3) is 0 Å². The zero-order valence-corrected chi connectivity index (χ0v) is 14.4. The molecule has 0 unspecified atom stereocenters. The fraction of sp³-hybridized carbons (Fsp3) is 0.375. The summed E-state index contributed by atoms with van der Waals surface area (Å²) in [7, 11) is 1.64. The average molecular weight is 328 g/mol. The van der Waals surface area contributed by atoms with Gasteiger partial charge in [-0.2, -0.15) is 14.6 Å². The third-order valence-electron chi connectivity index (χ3n) is 4.23. The van der Waals surface area contributed by atoms with Crippen LogP contribution in [0.25, 0.3) is 5.69 Å². The van der Waals surface area contributed by atoms with Crippen LogP contribution in [0.3, 0.4) is 0 Å². The van der Waals surface area contributed by atoms with Gasteiger partial charge in [-0.15, -0.1) is 0 Å². The highest BCUT2D eigenvalue weighted by atomic mass is 16.5. The van der Waals surface area contributed by atoms with Gasteiger partial charge < -0.3 is 4.74 Å². The molecule has 24 heavy (non-hydrogen) atoms. The van der Waals surface area contributed by atoms with Crippen molar-refractivity contribution >= 4 is 0 Å². The van der Waals surface area contributed by atoms with Gasteiger partial charge in [0.15, 0.2) is 6.73 Å². The van der Waals surface area contributed by atoms with Gasteiger partial charge in [-0.3, -0.25) is 0 Å². The summed E-state index contributed by atoms with van der Waals surface area (Å²) in [6, 6.07) is 5.84. The number of aromatic nitrogens is 6. The summed E-state index contributed by atoms with van der Waals surface area (Å²) in [4.78, 5) is 12.9. The highest BCUT2D eigenvalue weighted by Crippen LogP contribution is 2.23. The summed E-state index contributed by atoms with van der Waals surface area (Å²) in [5.41, 5.74) is 4.83. The second kappa shape index (κ2) is 5.95. The zero-order valence-electron chi connectivity index (χ0n) is 14.4. The zero-order chi connectivity index (χ0) is 17.4. The van der Waals surface area contributed by atoms with E-state index in [1.165, 1.54) is 15.0 Å². The van der Waals surface area contributed by atoms with Gasteiger partial charge >= 0.3 is 5.69 Å². The molecular weight excluding hydrogens is 308 g/mol. The Labute approximate surface area is 139 Å². The van der Waals surface area contributed by atoms with Crippen LogP contribution >= 0.6 is 0 Å². The van der Waals surface area contributed by atoms with E-state index in [2.05, 4.69) is 29.3 Å². The Balaban J connectivity index is 1.85. The van der Waals surface area contributed by atoms with Crippen LogP contribution in [-0.4, -0.2) is 29.6 Å². The molecule has 3 rings (SSSR count). The number of rotatable bonds is 4. The molecule has 126 valence electrons. The Morgan fingerprint density at radius 3 is 2.46 bits per heavy atom. The Morgan fingerprint density at radius 2 is 1.92 bits per heavy atom. The van der Waals surface area contributed by atoms with Crippen molar-refractivity contribution in [3.63, 3.8) is 0 Å². The molecule has 0 aliphatic heterocycles. The summed E-state index contributed by atoms with van der Waals surface area (Å²) in [6.45, 7) is 8.14. The van der Waals surface area contributed by atoms with Gasteiger partial charge in [0, 0.05) is 12.7 Å². The Hall–Kier alpha value is -2.90. The fourth-order valence-corrected chi connectivity index (χ4v) is 2.50. The van der Waals surface area contributed by atoms with E-state index in [-0.39, 0.29) is 6.73 Å². The molecule has 0 N–H and O–H groups in total.